The first-order valence-electron chi connectivity index (χ1n) is 4.03. The number of aryl methyl sites for hydroxylation is 1. The first-order chi connectivity index (χ1) is 6.68. The van der Waals surface area contributed by atoms with Gasteiger partial charge in [0, 0.05) is 0 Å². The van der Waals surface area contributed by atoms with Crippen LogP contribution in [0.5, 0.6) is 0 Å². The molecule has 0 fully saturated rings. The summed E-state index contributed by atoms with van der Waals surface area (Å²) >= 11 is 1.18. The third-order valence-electron chi connectivity index (χ3n) is 1.88. The molecule has 0 saturated heterocycles. The molecule has 0 radical (unpaired) electrons. The molecule has 2 N–H and O–H groups in total. The van der Waals surface area contributed by atoms with Crippen LogP contribution in [0.4, 0.5) is 9.52 Å². The summed E-state index contributed by atoms with van der Waals surface area (Å²) in [6.07, 6.45) is 0. The van der Waals surface area contributed by atoms with Crippen molar-refractivity contribution in [3.63, 3.8) is 0 Å². The van der Waals surface area contributed by atoms with Crippen molar-refractivity contribution in [1.82, 2.24) is 10.2 Å². The second kappa shape index (κ2) is 3.34. The lowest BCUT2D eigenvalue weighted by molar-refractivity contribution is 0.630. The number of hydrogen-bond donors (Lipinski definition) is 1. The molecule has 1 aromatic carbocycles. The van der Waals surface area contributed by atoms with E-state index in [1.807, 2.05) is 13.0 Å². The Bertz CT molecular complexity index is 447. The van der Waals surface area contributed by atoms with Crippen molar-refractivity contribution in [2.45, 2.75) is 6.92 Å². The number of nitrogen functional groups attached to an aromatic ring is 1. The molecular weight excluding hydrogens is 201 g/mol. The van der Waals surface area contributed by atoms with E-state index in [4.69, 9.17) is 5.73 Å². The van der Waals surface area contributed by atoms with Gasteiger partial charge in [0.15, 0.2) is 5.01 Å². The number of aromatic nitrogens is 2. The molecule has 0 unspecified atom stereocenters. The first kappa shape index (κ1) is 9.08. The summed E-state index contributed by atoms with van der Waals surface area (Å²) in [5.74, 6) is -0.291. The molecule has 3 nitrogen and oxygen atoms in total. The second-order valence-corrected chi connectivity index (χ2v) is 3.89. The predicted molar refractivity (Wildman–Crippen MR) is 54.5 cm³/mol. The Morgan fingerprint density at radius 3 is 2.71 bits per heavy atom. The minimum Gasteiger partial charge on any atom is -0.374 e. The van der Waals surface area contributed by atoms with Crippen molar-refractivity contribution in [2.75, 3.05) is 5.73 Å². The number of halogens is 1. The quantitative estimate of drug-likeness (QED) is 0.783. The van der Waals surface area contributed by atoms with Gasteiger partial charge in [-0.3, -0.25) is 0 Å². The molecule has 0 saturated carbocycles. The van der Waals surface area contributed by atoms with Crippen LogP contribution in [0, 0.1) is 12.7 Å². The topological polar surface area (TPSA) is 51.8 Å². The molecule has 0 bridgehead atoms. The molecule has 0 aliphatic carbocycles. The van der Waals surface area contributed by atoms with Crippen LogP contribution in [-0.2, 0) is 0 Å². The molecule has 5 heteroatoms. The molecule has 0 aliphatic rings. The molecule has 0 spiro atoms. The second-order valence-electron chi connectivity index (χ2n) is 2.88. The molecule has 0 aliphatic heterocycles. The molecule has 14 heavy (non-hydrogen) atoms. The van der Waals surface area contributed by atoms with E-state index in [2.05, 4.69) is 10.2 Å². The Hall–Kier alpha value is -1.49. The lowest BCUT2D eigenvalue weighted by atomic mass is 10.1. The van der Waals surface area contributed by atoms with Crippen LogP contribution in [0.3, 0.4) is 0 Å². The lowest BCUT2D eigenvalue weighted by Gasteiger charge is -2.01. The Morgan fingerprint density at radius 1 is 1.36 bits per heavy atom. The zero-order valence-electron chi connectivity index (χ0n) is 7.49. The van der Waals surface area contributed by atoms with Gasteiger partial charge in [-0.15, -0.1) is 10.2 Å². The molecule has 1 aromatic heterocycles. The smallest absolute Gasteiger partial charge is 0.203 e. The van der Waals surface area contributed by atoms with Crippen molar-refractivity contribution in [3.05, 3.63) is 29.6 Å². The molecular formula is C9H8FN3S. The van der Waals surface area contributed by atoms with Crippen LogP contribution in [0.2, 0.25) is 0 Å². The number of benzene rings is 1. The number of rotatable bonds is 1. The Labute approximate surface area is 84.4 Å². The Morgan fingerprint density at radius 2 is 2.14 bits per heavy atom. The maximum absolute atomic E-state index is 13.4. The fraction of sp³-hybridized carbons (Fsp3) is 0.111. The standard InChI is InChI=1S/C9H8FN3S/c1-5-3-2-4-6(10)7(5)8-12-13-9(11)14-8/h2-4H,1H3,(H2,11,13). The van der Waals surface area contributed by atoms with E-state index in [-0.39, 0.29) is 5.82 Å². The molecule has 0 atom stereocenters. The van der Waals surface area contributed by atoms with Gasteiger partial charge in [0.05, 0.1) is 5.56 Å². The predicted octanol–water partition coefficient (Wildman–Crippen LogP) is 2.23. The van der Waals surface area contributed by atoms with Crippen molar-refractivity contribution < 1.29 is 4.39 Å². The third-order valence-corrected chi connectivity index (χ3v) is 2.65. The molecule has 2 rings (SSSR count). The fourth-order valence-electron chi connectivity index (χ4n) is 1.24. The highest BCUT2D eigenvalue weighted by atomic mass is 32.1. The van der Waals surface area contributed by atoms with Gasteiger partial charge in [-0.1, -0.05) is 23.5 Å². The van der Waals surface area contributed by atoms with E-state index in [1.54, 1.807) is 6.07 Å². The fourth-order valence-corrected chi connectivity index (χ4v) is 1.96. The summed E-state index contributed by atoms with van der Waals surface area (Å²) in [5, 5.41) is 8.34. The average Bonchev–Trinajstić information content (AvgIpc) is 2.51. The van der Waals surface area contributed by atoms with Gasteiger partial charge in [-0.05, 0) is 18.6 Å². The van der Waals surface area contributed by atoms with E-state index in [9.17, 15) is 4.39 Å². The monoisotopic (exact) mass is 209 g/mol. The van der Waals surface area contributed by atoms with Crippen molar-refractivity contribution in [1.29, 1.82) is 0 Å². The van der Waals surface area contributed by atoms with E-state index in [0.29, 0.717) is 15.7 Å². The average molecular weight is 209 g/mol. The van der Waals surface area contributed by atoms with Crippen LogP contribution in [0.1, 0.15) is 5.56 Å². The Balaban J connectivity index is 2.61. The van der Waals surface area contributed by atoms with Crippen molar-refractivity contribution in [2.24, 2.45) is 0 Å². The minimum atomic E-state index is -0.291. The van der Waals surface area contributed by atoms with E-state index in [0.717, 1.165) is 5.56 Å². The highest BCUT2D eigenvalue weighted by molar-refractivity contribution is 7.18. The zero-order valence-corrected chi connectivity index (χ0v) is 8.31. The molecule has 72 valence electrons. The highest BCUT2D eigenvalue weighted by Gasteiger charge is 2.12. The van der Waals surface area contributed by atoms with Gasteiger partial charge in [-0.2, -0.15) is 0 Å². The van der Waals surface area contributed by atoms with Gasteiger partial charge in [0.1, 0.15) is 5.82 Å². The molecule has 1 heterocycles. The lowest BCUT2D eigenvalue weighted by Crippen LogP contribution is -1.87. The summed E-state index contributed by atoms with van der Waals surface area (Å²) in [6, 6.07) is 4.90. The maximum Gasteiger partial charge on any atom is 0.203 e. The largest absolute Gasteiger partial charge is 0.374 e. The highest BCUT2D eigenvalue weighted by Crippen LogP contribution is 2.29. The van der Waals surface area contributed by atoms with Crippen LogP contribution >= 0.6 is 11.3 Å². The summed E-state index contributed by atoms with van der Waals surface area (Å²) in [6.45, 7) is 1.83. The summed E-state index contributed by atoms with van der Waals surface area (Å²) in [5.41, 5.74) is 6.76. The van der Waals surface area contributed by atoms with Gasteiger partial charge in [0.25, 0.3) is 0 Å². The van der Waals surface area contributed by atoms with Crippen LogP contribution in [0.15, 0.2) is 18.2 Å². The number of nitrogens with zero attached hydrogens (tertiary/aromatic N) is 2. The zero-order chi connectivity index (χ0) is 10.1. The Kier molecular flexibility index (Phi) is 2.17. The van der Waals surface area contributed by atoms with Gasteiger partial charge in [0.2, 0.25) is 5.13 Å². The van der Waals surface area contributed by atoms with Crippen molar-refractivity contribution in [3.8, 4) is 10.6 Å². The van der Waals surface area contributed by atoms with Gasteiger partial charge >= 0.3 is 0 Å². The SMILES string of the molecule is Cc1cccc(F)c1-c1nnc(N)s1. The first-order valence-corrected chi connectivity index (χ1v) is 4.84. The number of nitrogens with two attached hydrogens (primary N) is 1. The third kappa shape index (κ3) is 1.46. The normalized spacial score (nSPS) is 10.4. The maximum atomic E-state index is 13.4. The van der Waals surface area contributed by atoms with Crippen LogP contribution < -0.4 is 5.73 Å². The van der Waals surface area contributed by atoms with Crippen LogP contribution in [-0.4, -0.2) is 10.2 Å². The molecule has 0 amide bonds. The summed E-state index contributed by atoms with van der Waals surface area (Å²) < 4.78 is 13.4. The van der Waals surface area contributed by atoms with E-state index in [1.165, 1.54) is 17.4 Å². The minimum absolute atomic E-state index is 0.291. The van der Waals surface area contributed by atoms with E-state index < -0.39 is 0 Å². The van der Waals surface area contributed by atoms with E-state index >= 15 is 0 Å². The molecule has 2 aromatic rings. The number of hydrogen-bond acceptors (Lipinski definition) is 4. The number of anilines is 1. The summed E-state index contributed by atoms with van der Waals surface area (Å²) in [7, 11) is 0. The summed E-state index contributed by atoms with van der Waals surface area (Å²) in [4.78, 5) is 0. The van der Waals surface area contributed by atoms with Gasteiger partial charge in [-0.25, -0.2) is 4.39 Å². The van der Waals surface area contributed by atoms with Crippen molar-refractivity contribution >= 4 is 16.5 Å². The van der Waals surface area contributed by atoms with Gasteiger partial charge < -0.3 is 5.73 Å². The van der Waals surface area contributed by atoms with Crippen LogP contribution in [0.25, 0.3) is 10.6 Å².